The minimum atomic E-state index is -0.677. The van der Waals surface area contributed by atoms with Crippen LogP contribution in [0.2, 0.25) is 0 Å². The smallest absolute Gasteiger partial charge is 0.102 e. The number of nitrogens with zero attached hydrogens (tertiary/aromatic N) is 1. The predicted molar refractivity (Wildman–Crippen MR) is 76.9 cm³/mol. The number of fused-ring (bicyclic) bond motifs is 1. The fraction of sp³-hybridized carbons (Fsp3) is 0.400. The number of aliphatic hydroxyl groups is 1. The average molecular weight is 259 g/mol. The first kappa shape index (κ1) is 12.0. The normalized spacial score (nSPS) is 27.8. The maximum atomic E-state index is 10.8. The molecule has 0 aliphatic carbocycles. The average Bonchev–Trinajstić information content (AvgIpc) is 2.70. The highest BCUT2D eigenvalue weighted by Crippen LogP contribution is 2.43. The van der Waals surface area contributed by atoms with Gasteiger partial charge in [0.2, 0.25) is 0 Å². The van der Waals surface area contributed by atoms with Crippen molar-refractivity contribution in [2.45, 2.75) is 31.1 Å². The second-order valence-corrected chi connectivity index (χ2v) is 6.50. The molecule has 2 unspecified atom stereocenters. The fourth-order valence-electron chi connectivity index (χ4n) is 2.61. The van der Waals surface area contributed by atoms with Crippen LogP contribution in [0.15, 0.2) is 30.3 Å². The third-order valence-electron chi connectivity index (χ3n) is 3.85. The van der Waals surface area contributed by atoms with E-state index in [1.54, 1.807) is 0 Å². The minimum Gasteiger partial charge on any atom is -0.384 e. The lowest BCUT2D eigenvalue weighted by Gasteiger charge is -2.27. The largest absolute Gasteiger partial charge is 0.384 e. The molecule has 1 N–H and O–H groups in total. The summed E-state index contributed by atoms with van der Waals surface area (Å²) in [6, 6.07) is 10.2. The topological polar surface area (TPSA) is 33.1 Å². The molecule has 2 heterocycles. The molecule has 1 aromatic carbocycles. The van der Waals surface area contributed by atoms with Crippen LogP contribution in [0.1, 0.15) is 24.6 Å². The van der Waals surface area contributed by atoms with E-state index in [0.717, 1.165) is 34.3 Å². The highest BCUT2D eigenvalue weighted by Gasteiger charge is 2.40. The zero-order chi connectivity index (χ0) is 12.8. The molecule has 3 heteroatoms. The van der Waals surface area contributed by atoms with Crippen molar-refractivity contribution >= 4 is 22.7 Å². The van der Waals surface area contributed by atoms with Crippen molar-refractivity contribution in [3.8, 4) is 0 Å². The molecule has 2 nitrogen and oxygen atoms in total. The lowest BCUT2D eigenvalue weighted by molar-refractivity contribution is 0.0428. The molecule has 1 aliphatic rings. The molecule has 1 fully saturated rings. The van der Waals surface area contributed by atoms with Crippen molar-refractivity contribution in [1.29, 1.82) is 0 Å². The Balaban J connectivity index is 2.11. The highest BCUT2D eigenvalue weighted by molar-refractivity contribution is 8.00. The summed E-state index contributed by atoms with van der Waals surface area (Å²) in [5, 5.41) is 12.2. The van der Waals surface area contributed by atoms with Crippen LogP contribution < -0.4 is 0 Å². The van der Waals surface area contributed by atoms with Gasteiger partial charge in [-0.15, -0.1) is 0 Å². The van der Waals surface area contributed by atoms with Crippen molar-refractivity contribution in [3.05, 3.63) is 41.6 Å². The Morgan fingerprint density at radius 3 is 2.89 bits per heavy atom. The monoisotopic (exact) mass is 259 g/mol. The number of benzene rings is 1. The third-order valence-corrected chi connectivity index (χ3v) is 5.18. The van der Waals surface area contributed by atoms with Crippen LogP contribution in [0.25, 0.3) is 10.9 Å². The van der Waals surface area contributed by atoms with Gasteiger partial charge in [-0.2, -0.15) is 11.8 Å². The van der Waals surface area contributed by atoms with E-state index in [1.165, 1.54) is 0 Å². The lowest BCUT2D eigenvalue weighted by Crippen LogP contribution is -2.31. The molecule has 2 atom stereocenters. The SMILES string of the molecule is Cc1ccc2cc(C3(O)CCSC3C)ccc2n1. The number of aryl methyl sites for hydroxylation is 1. The lowest BCUT2D eigenvalue weighted by atomic mass is 9.88. The molecule has 0 bridgehead atoms. The standard InChI is InChI=1S/C15H17NOS/c1-10-3-4-12-9-13(5-6-14(12)16-10)15(17)7-8-18-11(15)2/h3-6,9,11,17H,7-8H2,1-2H3. The van der Waals surface area contributed by atoms with Gasteiger partial charge in [0.15, 0.2) is 0 Å². The Morgan fingerprint density at radius 2 is 2.17 bits per heavy atom. The maximum absolute atomic E-state index is 10.8. The molecule has 3 rings (SSSR count). The van der Waals surface area contributed by atoms with Crippen LogP contribution in [0, 0.1) is 6.92 Å². The summed E-state index contributed by atoms with van der Waals surface area (Å²) in [7, 11) is 0. The summed E-state index contributed by atoms with van der Waals surface area (Å²) < 4.78 is 0. The molecule has 0 spiro atoms. The first-order chi connectivity index (χ1) is 8.59. The van der Waals surface area contributed by atoms with E-state index >= 15 is 0 Å². The Labute approximate surface area is 111 Å². The van der Waals surface area contributed by atoms with Crippen LogP contribution in [-0.4, -0.2) is 21.1 Å². The molecule has 2 aromatic rings. The number of thioether (sulfide) groups is 1. The van der Waals surface area contributed by atoms with Gasteiger partial charge in [-0.25, -0.2) is 0 Å². The van der Waals surface area contributed by atoms with E-state index in [-0.39, 0.29) is 5.25 Å². The summed E-state index contributed by atoms with van der Waals surface area (Å²) in [5.74, 6) is 1.03. The summed E-state index contributed by atoms with van der Waals surface area (Å²) in [5.41, 5.74) is 2.38. The Morgan fingerprint density at radius 1 is 1.33 bits per heavy atom. The number of pyridine rings is 1. The van der Waals surface area contributed by atoms with Crippen molar-refractivity contribution < 1.29 is 5.11 Å². The van der Waals surface area contributed by atoms with Gasteiger partial charge in [-0.05, 0) is 42.9 Å². The quantitative estimate of drug-likeness (QED) is 0.853. The maximum Gasteiger partial charge on any atom is 0.102 e. The van der Waals surface area contributed by atoms with Gasteiger partial charge in [-0.3, -0.25) is 4.98 Å². The van der Waals surface area contributed by atoms with Crippen LogP contribution >= 0.6 is 11.8 Å². The fourth-order valence-corrected chi connectivity index (χ4v) is 3.92. The summed E-state index contributed by atoms with van der Waals surface area (Å²) >= 11 is 1.84. The number of hydrogen-bond acceptors (Lipinski definition) is 3. The van der Waals surface area contributed by atoms with Gasteiger partial charge in [0.1, 0.15) is 5.60 Å². The first-order valence-electron chi connectivity index (χ1n) is 6.31. The number of hydrogen-bond donors (Lipinski definition) is 1. The Kier molecular flexibility index (Phi) is 2.83. The van der Waals surface area contributed by atoms with Crippen LogP contribution in [0.5, 0.6) is 0 Å². The predicted octanol–water partition coefficient (Wildman–Crippen LogP) is 3.26. The van der Waals surface area contributed by atoms with Crippen LogP contribution in [0.4, 0.5) is 0 Å². The van der Waals surface area contributed by atoms with E-state index in [9.17, 15) is 5.11 Å². The molecular weight excluding hydrogens is 242 g/mol. The Hall–Kier alpha value is -1.06. The molecule has 1 aliphatic heterocycles. The summed E-state index contributed by atoms with van der Waals surface area (Å²) in [4.78, 5) is 4.50. The van der Waals surface area contributed by atoms with Gasteiger partial charge in [0, 0.05) is 16.3 Å². The van der Waals surface area contributed by atoms with Gasteiger partial charge >= 0.3 is 0 Å². The zero-order valence-electron chi connectivity index (χ0n) is 10.7. The van der Waals surface area contributed by atoms with Gasteiger partial charge in [0.25, 0.3) is 0 Å². The second-order valence-electron chi connectivity index (χ2n) is 5.05. The van der Waals surface area contributed by atoms with Crippen molar-refractivity contribution in [3.63, 3.8) is 0 Å². The summed E-state index contributed by atoms with van der Waals surface area (Å²) in [6.45, 7) is 4.10. The number of rotatable bonds is 1. The van der Waals surface area contributed by atoms with Gasteiger partial charge in [-0.1, -0.05) is 19.1 Å². The van der Waals surface area contributed by atoms with Crippen molar-refractivity contribution in [2.75, 3.05) is 5.75 Å². The molecular formula is C15H17NOS. The van der Waals surface area contributed by atoms with E-state index in [2.05, 4.69) is 24.0 Å². The molecule has 94 valence electrons. The van der Waals surface area contributed by atoms with Gasteiger partial charge in [0.05, 0.1) is 5.52 Å². The third kappa shape index (κ3) is 1.82. The van der Waals surface area contributed by atoms with E-state index in [1.807, 2.05) is 36.9 Å². The molecule has 1 saturated heterocycles. The second kappa shape index (κ2) is 4.25. The molecule has 0 saturated carbocycles. The Bertz CT molecular complexity index is 598. The van der Waals surface area contributed by atoms with Crippen LogP contribution in [-0.2, 0) is 5.60 Å². The molecule has 0 radical (unpaired) electrons. The first-order valence-corrected chi connectivity index (χ1v) is 7.36. The van der Waals surface area contributed by atoms with Crippen molar-refractivity contribution in [2.24, 2.45) is 0 Å². The van der Waals surface area contributed by atoms with E-state index in [4.69, 9.17) is 0 Å². The zero-order valence-corrected chi connectivity index (χ0v) is 11.5. The van der Waals surface area contributed by atoms with Crippen LogP contribution in [0.3, 0.4) is 0 Å². The van der Waals surface area contributed by atoms with E-state index in [0.29, 0.717) is 0 Å². The highest BCUT2D eigenvalue weighted by atomic mass is 32.2. The van der Waals surface area contributed by atoms with Gasteiger partial charge < -0.3 is 5.11 Å². The molecule has 0 amide bonds. The molecule has 18 heavy (non-hydrogen) atoms. The minimum absolute atomic E-state index is 0.258. The summed E-state index contributed by atoms with van der Waals surface area (Å²) in [6.07, 6.45) is 0.837. The number of aromatic nitrogens is 1. The van der Waals surface area contributed by atoms with Crippen molar-refractivity contribution in [1.82, 2.24) is 4.98 Å². The molecule has 1 aromatic heterocycles. The van der Waals surface area contributed by atoms with E-state index < -0.39 is 5.60 Å².